The average molecular weight is 255 g/mol. The molecule has 1 heterocycles. The third-order valence-electron chi connectivity index (χ3n) is 3.09. The lowest BCUT2D eigenvalue weighted by molar-refractivity contribution is 0.518. The minimum atomic E-state index is -3.56. The zero-order valence-electron chi connectivity index (χ0n) is 9.59. The van der Waals surface area contributed by atoms with Gasteiger partial charge in [-0.1, -0.05) is 12.8 Å². The fourth-order valence-corrected chi connectivity index (χ4v) is 3.31. The van der Waals surface area contributed by atoms with Crippen molar-refractivity contribution >= 4 is 15.7 Å². The Morgan fingerprint density at radius 3 is 2.76 bits per heavy atom. The summed E-state index contributed by atoms with van der Waals surface area (Å²) in [5, 5.41) is -0.0713. The van der Waals surface area contributed by atoms with Gasteiger partial charge in [0.2, 0.25) is 0 Å². The molecule has 0 atom stereocenters. The number of pyridine rings is 1. The van der Waals surface area contributed by atoms with Crippen LogP contribution in [0.3, 0.4) is 0 Å². The van der Waals surface area contributed by atoms with Gasteiger partial charge in [0.05, 0.1) is 5.69 Å². The summed E-state index contributed by atoms with van der Waals surface area (Å²) in [6.07, 6.45) is 6.01. The summed E-state index contributed by atoms with van der Waals surface area (Å²) in [7, 11) is -3.56. The smallest absolute Gasteiger partial charge is 0.260 e. The second-order valence-electron chi connectivity index (χ2n) is 4.40. The van der Waals surface area contributed by atoms with E-state index >= 15 is 0 Å². The molecule has 3 N–H and O–H groups in total. The molecular weight excluding hydrogens is 238 g/mol. The SMILES string of the molecule is Nc1cccnc1S(=O)(=O)NCC1CCCC1. The van der Waals surface area contributed by atoms with Crippen LogP contribution in [0, 0.1) is 5.92 Å². The third-order valence-corrected chi connectivity index (χ3v) is 4.49. The number of hydrogen-bond acceptors (Lipinski definition) is 4. The van der Waals surface area contributed by atoms with Crippen molar-refractivity contribution in [3.8, 4) is 0 Å². The average Bonchev–Trinajstić information content (AvgIpc) is 2.80. The van der Waals surface area contributed by atoms with Crippen molar-refractivity contribution in [2.75, 3.05) is 12.3 Å². The first kappa shape index (κ1) is 12.3. The molecule has 0 amide bonds. The second kappa shape index (κ2) is 5.01. The lowest BCUT2D eigenvalue weighted by Crippen LogP contribution is -2.29. The van der Waals surface area contributed by atoms with Crippen LogP contribution in [-0.2, 0) is 10.0 Å². The zero-order chi connectivity index (χ0) is 12.3. The number of nitrogens with one attached hydrogen (secondary N) is 1. The molecule has 0 bridgehead atoms. The number of sulfonamides is 1. The van der Waals surface area contributed by atoms with Gasteiger partial charge < -0.3 is 5.73 Å². The first-order valence-corrected chi connectivity index (χ1v) is 7.28. The molecule has 0 aliphatic heterocycles. The number of nitrogens with two attached hydrogens (primary N) is 1. The van der Waals surface area contributed by atoms with E-state index in [2.05, 4.69) is 9.71 Å². The summed E-state index contributed by atoms with van der Waals surface area (Å²) in [5.74, 6) is 0.453. The van der Waals surface area contributed by atoms with Crippen molar-refractivity contribution in [3.63, 3.8) is 0 Å². The highest BCUT2D eigenvalue weighted by molar-refractivity contribution is 7.89. The van der Waals surface area contributed by atoms with Crippen molar-refractivity contribution in [3.05, 3.63) is 18.3 Å². The van der Waals surface area contributed by atoms with E-state index in [1.807, 2.05) is 0 Å². The summed E-state index contributed by atoms with van der Waals surface area (Å²) in [6.45, 7) is 0.484. The van der Waals surface area contributed by atoms with Crippen LogP contribution < -0.4 is 10.5 Å². The summed E-state index contributed by atoms with van der Waals surface area (Å²) in [4.78, 5) is 3.82. The minimum absolute atomic E-state index is 0.0713. The molecule has 0 saturated heterocycles. The highest BCUT2D eigenvalue weighted by atomic mass is 32.2. The summed E-state index contributed by atoms with van der Waals surface area (Å²) < 4.78 is 26.5. The van der Waals surface area contributed by atoms with E-state index in [1.54, 1.807) is 6.07 Å². The molecule has 2 rings (SSSR count). The summed E-state index contributed by atoms with van der Waals surface area (Å²) in [6, 6.07) is 3.16. The van der Waals surface area contributed by atoms with E-state index in [4.69, 9.17) is 5.73 Å². The monoisotopic (exact) mass is 255 g/mol. The van der Waals surface area contributed by atoms with Gasteiger partial charge in [-0.25, -0.2) is 18.1 Å². The Bertz CT molecular complexity index is 481. The topological polar surface area (TPSA) is 85.1 Å². The maximum atomic E-state index is 12.0. The molecule has 17 heavy (non-hydrogen) atoms. The molecule has 94 valence electrons. The van der Waals surface area contributed by atoms with Gasteiger partial charge in [-0.05, 0) is 30.9 Å². The number of aromatic nitrogens is 1. The molecule has 1 aliphatic carbocycles. The van der Waals surface area contributed by atoms with Crippen molar-refractivity contribution in [2.45, 2.75) is 30.7 Å². The summed E-state index contributed by atoms with van der Waals surface area (Å²) >= 11 is 0. The van der Waals surface area contributed by atoms with Crippen LogP contribution in [0.25, 0.3) is 0 Å². The third kappa shape index (κ3) is 2.95. The maximum Gasteiger partial charge on any atom is 0.260 e. The van der Waals surface area contributed by atoms with E-state index in [1.165, 1.54) is 25.1 Å². The van der Waals surface area contributed by atoms with Gasteiger partial charge in [0.1, 0.15) is 0 Å². The Morgan fingerprint density at radius 2 is 2.12 bits per heavy atom. The number of nitrogens with zero attached hydrogens (tertiary/aromatic N) is 1. The Hall–Kier alpha value is -1.14. The van der Waals surface area contributed by atoms with E-state index in [-0.39, 0.29) is 10.7 Å². The van der Waals surface area contributed by atoms with Crippen molar-refractivity contribution in [1.29, 1.82) is 0 Å². The van der Waals surface area contributed by atoms with E-state index in [0.717, 1.165) is 12.8 Å². The Kier molecular flexibility index (Phi) is 3.63. The molecule has 1 aromatic rings. The number of hydrogen-bond donors (Lipinski definition) is 2. The largest absolute Gasteiger partial charge is 0.396 e. The molecule has 5 nitrogen and oxygen atoms in total. The minimum Gasteiger partial charge on any atom is -0.396 e. The molecule has 1 aromatic heterocycles. The predicted octanol–water partition coefficient (Wildman–Crippen LogP) is 1.13. The Morgan fingerprint density at radius 1 is 1.41 bits per heavy atom. The number of anilines is 1. The fourth-order valence-electron chi connectivity index (χ4n) is 2.14. The van der Waals surface area contributed by atoms with E-state index in [9.17, 15) is 8.42 Å². The van der Waals surface area contributed by atoms with E-state index in [0.29, 0.717) is 12.5 Å². The molecule has 0 spiro atoms. The predicted molar refractivity (Wildman–Crippen MR) is 65.8 cm³/mol. The van der Waals surface area contributed by atoms with Gasteiger partial charge in [-0.15, -0.1) is 0 Å². The van der Waals surface area contributed by atoms with Crippen LogP contribution in [0.15, 0.2) is 23.4 Å². The van der Waals surface area contributed by atoms with Crippen LogP contribution in [0.5, 0.6) is 0 Å². The van der Waals surface area contributed by atoms with E-state index < -0.39 is 10.0 Å². The van der Waals surface area contributed by atoms with Crippen LogP contribution in [0.1, 0.15) is 25.7 Å². The molecule has 6 heteroatoms. The molecule has 0 unspecified atom stereocenters. The molecule has 0 radical (unpaired) electrons. The molecule has 1 saturated carbocycles. The Balaban J connectivity index is 2.06. The van der Waals surface area contributed by atoms with Gasteiger partial charge in [0, 0.05) is 12.7 Å². The highest BCUT2D eigenvalue weighted by Crippen LogP contribution is 2.24. The molecule has 1 fully saturated rings. The van der Waals surface area contributed by atoms with Gasteiger partial charge in [0.15, 0.2) is 5.03 Å². The van der Waals surface area contributed by atoms with Crippen LogP contribution in [0.2, 0.25) is 0 Å². The fraction of sp³-hybridized carbons (Fsp3) is 0.545. The van der Waals surface area contributed by atoms with Crippen LogP contribution in [-0.4, -0.2) is 19.9 Å². The van der Waals surface area contributed by atoms with Crippen molar-refractivity contribution < 1.29 is 8.42 Å². The molecular formula is C11H17N3O2S. The van der Waals surface area contributed by atoms with Crippen molar-refractivity contribution in [2.24, 2.45) is 5.92 Å². The van der Waals surface area contributed by atoms with Crippen molar-refractivity contribution in [1.82, 2.24) is 9.71 Å². The Labute approximate surface area is 101 Å². The lowest BCUT2D eigenvalue weighted by atomic mass is 10.1. The van der Waals surface area contributed by atoms with Gasteiger partial charge in [-0.2, -0.15) is 0 Å². The number of nitrogen functional groups attached to an aromatic ring is 1. The first-order chi connectivity index (χ1) is 8.09. The first-order valence-electron chi connectivity index (χ1n) is 5.80. The van der Waals surface area contributed by atoms with Gasteiger partial charge >= 0.3 is 0 Å². The standard InChI is InChI=1S/C11H17N3O2S/c12-10-6-3-7-13-11(10)17(15,16)14-8-9-4-1-2-5-9/h3,6-7,9,14H,1-2,4-5,8,12H2. The van der Waals surface area contributed by atoms with Gasteiger partial charge in [0.25, 0.3) is 10.0 Å². The normalized spacial score (nSPS) is 17.4. The van der Waals surface area contributed by atoms with Crippen LogP contribution in [0.4, 0.5) is 5.69 Å². The quantitative estimate of drug-likeness (QED) is 0.844. The lowest BCUT2D eigenvalue weighted by Gasteiger charge is -2.11. The second-order valence-corrected chi connectivity index (χ2v) is 6.08. The number of rotatable bonds is 4. The zero-order valence-corrected chi connectivity index (χ0v) is 10.4. The molecule has 0 aromatic carbocycles. The molecule has 1 aliphatic rings. The maximum absolute atomic E-state index is 12.0. The summed E-state index contributed by atoms with van der Waals surface area (Å²) in [5.41, 5.74) is 5.80. The van der Waals surface area contributed by atoms with Gasteiger partial charge in [-0.3, -0.25) is 0 Å². The highest BCUT2D eigenvalue weighted by Gasteiger charge is 2.22. The van der Waals surface area contributed by atoms with Crippen LogP contribution >= 0.6 is 0 Å².